The summed E-state index contributed by atoms with van der Waals surface area (Å²) < 4.78 is 7.30. The Balaban J connectivity index is 1.47. The lowest BCUT2D eigenvalue weighted by molar-refractivity contribution is -0.134. The molecule has 0 spiro atoms. The number of hydrogen-bond acceptors (Lipinski definition) is 5. The third-order valence-electron chi connectivity index (χ3n) is 5.27. The normalized spacial score (nSPS) is 14.2. The molecular weight excluding hydrogens is 394 g/mol. The SMILES string of the molecule is CN1C(=O)C(c2cn(CCOc3ccccc3)nn2)=C(c2c[nH]c3ccccc23)C1=O. The Labute approximate surface area is 177 Å². The number of imide groups is 1. The summed E-state index contributed by atoms with van der Waals surface area (Å²) in [5.41, 5.74) is 2.52. The van der Waals surface area contributed by atoms with Gasteiger partial charge in [0, 0.05) is 29.7 Å². The zero-order valence-corrected chi connectivity index (χ0v) is 16.8. The molecule has 1 aliphatic heterocycles. The zero-order valence-electron chi connectivity index (χ0n) is 16.8. The lowest BCUT2D eigenvalue weighted by atomic mass is 9.99. The van der Waals surface area contributed by atoms with E-state index in [1.54, 1.807) is 17.1 Å². The van der Waals surface area contributed by atoms with Crippen molar-refractivity contribution in [1.29, 1.82) is 0 Å². The van der Waals surface area contributed by atoms with E-state index in [0.29, 0.717) is 30.0 Å². The van der Waals surface area contributed by atoms with Crippen LogP contribution in [-0.2, 0) is 16.1 Å². The van der Waals surface area contributed by atoms with Crippen LogP contribution in [-0.4, -0.2) is 50.3 Å². The first-order valence-corrected chi connectivity index (χ1v) is 9.85. The quantitative estimate of drug-likeness (QED) is 0.491. The number of para-hydroxylation sites is 2. The second kappa shape index (κ2) is 7.56. The zero-order chi connectivity index (χ0) is 21.4. The summed E-state index contributed by atoms with van der Waals surface area (Å²) in [5, 5.41) is 9.16. The van der Waals surface area contributed by atoms with E-state index in [2.05, 4.69) is 15.3 Å². The van der Waals surface area contributed by atoms with Gasteiger partial charge >= 0.3 is 0 Å². The van der Waals surface area contributed by atoms with Crippen molar-refractivity contribution in [3.05, 3.63) is 78.2 Å². The molecule has 0 unspecified atom stereocenters. The molecule has 2 amide bonds. The second-order valence-electron chi connectivity index (χ2n) is 7.20. The number of hydrogen-bond donors (Lipinski definition) is 1. The van der Waals surface area contributed by atoms with Gasteiger partial charge in [-0.2, -0.15) is 0 Å². The molecule has 2 aromatic carbocycles. The number of fused-ring (bicyclic) bond motifs is 1. The van der Waals surface area contributed by atoms with Crippen LogP contribution in [0.3, 0.4) is 0 Å². The summed E-state index contributed by atoms with van der Waals surface area (Å²) in [5.74, 6) is 0.0231. The number of H-pyrrole nitrogens is 1. The maximum atomic E-state index is 12.9. The predicted octanol–water partition coefficient (Wildman–Crippen LogP) is 2.75. The minimum absolute atomic E-state index is 0.257. The van der Waals surface area contributed by atoms with Gasteiger partial charge in [-0.3, -0.25) is 14.5 Å². The highest BCUT2D eigenvalue weighted by Crippen LogP contribution is 2.37. The number of carbonyl (C=O) groups is 2. The van der Waals surface area contributed by atoms with E-state index in [0.717, 1.165) is 21.6 Å². The molecule has 1 N–H and O–H groups in total. The minimum atomic E-state index is -0.391. The van der Waals surface area contributed by atoms with Gasteiger partial charge in [0.05, 0.1) is 23.9 Å². The molecule has 0 bridgehead atoms. The Kier molecular flexibility index (Phi) is 4.59. The standard InChI is InChI=1S/C23H19N5O3/c1-27-22(29)20(17-13-24-18-10-6-5-9-16(17)18)21(23(27)30)19-14-28(26-25-19)11-12-31-15-7-3-2-4-8-15/h2-10,13-14,24H,11-12H2,1H3. The number of ether oxygens (including phenoxy) is 1. The molecule has 0 saturated heterocycles. The summed E-state index contributed by atoms with van der Waals surface area (Å²) in [7, 11) is 1.48. The van der Waals surface area contributed by atoms with E-state index in [1.807, 2.05) is 54.6 Å². The molecule has 0 fully saturated rings. The van der Waals surface area contributed by atoms with Crippen molar-refractivity contribution in [3.8, 4) is 5.75 Å². The van der Waals surface area contributed by atoms with Gasteiger partial charge in [-0.1, -0.05) is 41.6 Å². The van der Waals surface area contributed by atoms with Crippen LogP contribution in [0.5, 0.6) is 5.75 Å². The van der Waals surface area contributed by atoms with E-state index in [4.69, 9.17) is 4.74 Å². The Morgan fingerprint density at radius 2 is 1.71 bits per heavy atom. The van der Waals surface area contributed by atoms with Crippen molar-refractivity contribution in [2.75, 3.05) is 13.7 Å². The van der Waals surface area contributed by atoms with Gasteiger partial charge in [0.15, 0.2) is 0 Å². The largest absolute Gasteiger partial charge is 0.492 e. The summed E-state index contributed by atoms with van der Waals surface area (Å²) in [6.07, 6.45) is 3.42. The lowest BCUT2D eigenvalue weighted by Gasteiger charge is -2.06. The van der Waals surface area contributed by atoms with E-state index >= 15 is 0 Å². The number of aromatic nitrogens is 4. The highest BCUT2D eigenvalue weighted by Gasteiger charge is 2.39. The van der Waals surface area contributed by atoms with Crippen molar-refractivity contribution in [3.63, 3.8) is 0 Å². The second-order valence-corrected chi connectivity index (χ2v) is 7.20. The first-order valence-electron chi connectivity index (χ1n) is 9.85. The van der Waals surface area contributed by atoms with Crippen molar-refractivity contribution < 1.29 is 14.3 Å². The number of nitrogens with zero attached hydrogens (tertiary/aromatic N) is 4. The molecule has 3 heterocycles. The smallest absolute Gasteiger partial charge is 0.263 e. The van der Waals surface area contributed by atoms with Gasteiger partial charge in [0.2, 0.25) is 0 Å². The van der Waals surface area contributed by atoms with Gasteiger partial charge in [-0.15, -0.1) is 5.10 Å². The molecule has 8 nitrogen and oxygen atoms in total. The van der Waals surface area contributed by atoms with Gasteiger partial charge in [0.1, 0.15) is 18.1 Å². The van der Waals surface area contributed by atoms with Crippen LogP contribution in [0.25, 0.3) is 22.0 Å². The fraction of sp³-hybridized carbons (Fsp3) is 0.130. The van der Waals surface area contributed by atoms with Gasteiger partial charge in [0.25, 0.3) is 11.8 Å². The highest BCUT2D eigenvalue weighted by atomic mass is 16.5. The molecule has 0 atom stereocenters. The number of aromatic amines is 1. The topological polar surface area (TPSA) is 93.1 Å². The summed E-state index contributed by atoms with van der Waals surface area (Å²) >= 11 is 0. The van der Waals surface area contributed by atoms with Crippen molar-refractivity contribution in [2.24, 2.45) is 0 Å². The number of carbonyl (C=O) groups excluding carboxylic acids is 2. The molecule has 31 heavy (non-hydrogen) atoms. The number of benzene rings is 2. The van der Waals surface area contributed by atoms with Crippen molar-refractivity contribution >= 4 is 33.9 Å². The number of likely N-dealkylation sites (N-methyl/N-ethyl adjacent to an activating group) is 1. The van der Waals surface area contributed by atoms with Crippen LogP contribution >= 0.6 is 0 Å². The van der Waals surface area contributed by atoms with E-state index in [-0.39, 0.29) is 11.5 Å². The van der Waals surface area contributed by atoms with Crippen LogP contribution in [0, 0.1) is 0 Å². The summed E-state index contributed by atoms with van der Waals surface area (Å²) in [6, 6.07) is 17.1. The Bertz CT molecular complexity index is 1320. The fourth-order valence-corrected chi connectivity index (χ4v) is 3.70. The van der Waals surface area contributed by atoms with E-state index < -0.39 is 5.91 Å². The summed E-state index contributed by atoms with van der Waals surface area (Å²) in [4.78, 5) is 30.1. The monoisotopic (exact) mass is 413 g/mol. The molecule has 0 radical (unpaired) electrons. The molecule has 154 valence electrons. The molecular formula is C23H19N5O3. The Morgan fingerprint density at radius 3 is 2.55 bits per heavy atom. The molecule has 8 heteroatoms. The highest BCUT2D eigenvalue weighted by molar-refractivity contribution is 6.49. The average Bonchev–Trinajstić information content (AvgIpc) is 3.48. The van der Waals surface area contributed by atoms with E-state index in [9.17, 15) is 9.59 Å². The first kappa shape index (κ1) is 18.8. The third kappa shape index (κ3) is 3.28. The van der Waals surface area contributed by atoms with Gasteiger partial charge in [-0.05, 0) is 18.2 Å². The van der Waals surface area contributed by atoms with Crippen molar-refractivity contribution in [1.82, 2.24) is 24.9 Å². The Hall–Kier alpha value is -4.20. The summed E-state index contributed by atoms with van der Waals surface area (Å²) in [6.45, 7) is 0.851. The van der Waals surface area contributed by atoms with Crippen LogP contribution in [0.4, 0.5) is 0 Å². The average molecular weight is 413 g/mol. The van der Waals surface area contributed by atoms with Crippen LogP contribution in [0.15, 0.2) is 67.0 Å². The van der Waals surface area contributed by atoms with Gasteiger partial charge < -0.3 is 9.72 Å². The number of nitrogens with one attached hydrogen (secondary N) is 1. The maximum absolute atomic E-state index is 12.9. The number of amides is 2. The molecule has 0 aliphatic carbocycles. The molecule has 4 aromatic rings. The molecule has 5 rings (SSSR count). The molecule has 2 aromatic heterocycles. The Morgan fingerprint density at radius 1 is 0.968 bits per heavy atom. The lowest BCUT2D eigenvalue weighted by Crippen LogP contribution is -2.26. The first-order chi connectivity index (χ1) is 15.1. The maximum Gasteiger partial charge on any atom is 0.263 e. The van der Waals surface area contributed by atoms with Gasteiger partial charge in [-0.25, -0.2) is 4.68 Å². The van der Waals surface area contributed by atoms with Crippen LogP contribution < -0.4 is 4.74 Å². The molecule has 1 aliphatic rings. The predicted molar refractivity (Wildman–Crippen MR) is 115 cm³/mol. The molecule has 0 saturated carbocycles. The van der Waals surface area contributed by atoms with E-state index in [1.165, 1.54) is 7.05 Å². The number of rotatable bonds is 6. The fourth-order valence-electron chi connectivity index (χ4n) is 3.70. The third-order valence-corrected chi connectivity index (χ3v) is 5.27. The minimum Gasteiger partial charge on any atom is -0.492 e. The van der Waals surface area contributed by atoms with Crippen molar-refractivity contribution in [2.45, 2.75) is 6.54 Å². The van der Waals surface area contributed by atoms with Crippen LogP contribution in [0.2, 0.25) is 0 Å². The van der Waals surface area contributed by atoms with Crippen LogP contribution in [0.1, 0.15) is 11.3 Å².